The molecule has 1 rings (SSSR count). The smallest absolute Gasteiger partial charge is 0.122 e. The van der Waals surface area contributed by atoms with Gasteiger partial charge in [-0.2, -0.15) is 0 Å². The van der Waals surface area contributed by atoms with E-state index < -0.39 is 0 Å². The maximum atomic E-state index is 5.98. The molecule has 1 aromatic rings. The molecule has 0 fully saturated rings. The van der Waals surface area contributed by atoms with Crippen LogP contribution in [0.15, 0.2) is 18.2 Å². The molecule has 0 heterocycles. The molecule has 108 valence electrons. The molecule has 0 aliphatic heterocycles. The fourth-order valence-electron chi connectivity index (χ4n) is 1.72. The van der Waals surface area contributed by atoms with E-state index >= 15 is 0 Å². The van der Waals surface area contributed by atoms with Crippen molar-refractivity contribution in [2.45, 2.75) is 32.7 Å². The number of halogens is 1. The molecule has 1 aromatic carbocycles. The van der Waals surface area contributed by atoms with E-state index in [1.165, 1.54) is 0 Å². The first-order valence-electron chi connectivity index (χ1n) is 6.57. The lowest BCUT2D eigenvalue weighted by atomic mass is 10.1. The molecule has 4 heteroatoms. The van der Waals surface area contributed by atoms with Crippen LogP contribution in [0.1, 0.15) is 26.3 Å². The third kappa shape index (κ3) is 6.81. The molecule has 0 unspecified atom stereocenters. The van der Waals surface area contributed by atoms with Gasteiger partial charge in [-0.25, -0.2) is 0 Å². The summed E-state index contributed by atoms with van der Waals surface area (Å²) in [4.78, 5) is 0. The highest BCUT2D eigenvalue weighted by atomic mass is 35.5. The predicted octanol–water partition coefficient (Wildman–Crippen LogP) is 3.30. The zero-order valence-electron chi connectivity index (χ0n) is 12.3. The van der Waals surface area contributed by atoms with Crippen molar-refractivity contribution in [3.05, 3.63) is 28.8 Å². The lowest BCUT2D eigenvalue weighted by Gasteiger charge is -2.20. The zero-order chi connectivity index (χ0) is 14.3. The fourth-order valence-corrected chi connectivity index (χ4v) is 1.92. The Hall–Kier alpha value is -0.770. The quantitative estimate of drug-likeness (QED) is 0.780. The van der Waals surface area contributed by atoms with E-state index in [2.05, 4.69) is 26.1 Å². The topological polar surface area (TPSA) is 30.5 Å². The van der Waals surface area contributed by atoms with E-state index in [1.807, 2.05) is 18.2 Å². The largest absolute Gasteiger partial charge is 0.496 e. The number of nitrogens with one attached hydrogen (secondary N) is 1. The second-order valence-electron chi connectivity index (χ2n) is 5.50. The molecule has 0 saturated carbocycles. The second-order valence-corrected chi connectivity index (χ2v) is 5.93. The number of rotatable bonds is 7. The minimum Gasteiger partial charge on any atom is -0.496 e. The molecule has 0 aromatic heterocycles. The molecule has 0 aliphatic carbocycles. The molecule has 19 heavy (non-hydrogen) atoms. The van der Waals surface area contributed by atoms with E-state index in [0.717, 1.165) is 29.3 Å². The Morgan fingerprint density at radius 3 is 2.58 bits per heavy atom. The number of hydrogen-bond donors (Lipinski definition) is 1. The van der Waals surface area contributed by atoms with Gasteiger partial charge in [0.05, 0.1) is 20.3 Å². The Bertz CT molecular complexity index is 388. The Balaban J connectivity index is 2.28. The minimum atomic E-state index is 0.138. The van der Waals surface area contributed by atoms with Crippen molar-refractivity contribution in [1.82, 2.24) is 5.32 Å². The van der Waals surface area contributed by atoms with Gasteiger partial charge in [0.1, 0.15) is 5.75 Å². The molecule has 3 nitrogen and oxygen atoms in total. The highest BCUT2D eigenvalue weighted by molar-refractivity contribution is 6.30. The predicted molar refractivity (Wildman–Crippen MR) is 80.3 cm³/mol. The third-order valence-electron chi connectivity index (χ3n) is 2.66. The van der Waals surface area contributed by atoms with Crippen LogP contribution < -0.4 is 10.1 Å². The number of hydrogen-bond acceptors (Lipinski definition) is 3. The maximum Gasteiger partial charge on any atom is 0.122 e. The van der Waals surface area contributed by atoms with Gasteiger partial charge >= 0.3 is 0 Å². The van der Waals surface area contributed by atoms with Gasteiger partial charge in [0.2, 0.25) is 0 Å². The highest BCUT2D eigenvalue weighted by Crippen LogP contribution is 2.22. The van der Waals surface area contributed by atoms with Crippen LogP contribution in [-0.2, 0) is 11.2 Å². The van der Waals surface area contributed by atoms with E-state index in [1.54, 1.807) is 7.11 Å². The summed E-state index contributed by atoms with van der Waals surface area (Å²) in [5, 5.41) is 4.11. The van der Waals surface area contributed by atoms with E-state index in [-0.39, 0.29) is 5.54 Å². The second kappa shape index (κ2) is 7.73. The van der Waals surface area contributed by atoms with Gasteiger partial charge in [-0.3, -0.25) is 0 Å². The molecule has 0 bridgehead atoms. The summed E-state index contributed by atoms with van der Waals surface area (Å²) >= 11 is 5.98. The van der Waals surface area contributed by atoms with Crippen molar-refractivity contribution in [3.8, 4) is 5.75 Å². The summed E-state index contributed by atoms with van der Waals surface area (Å²) in [5.41, 5.74) is 1.22. The van der Waals surface area contributed by atoms with E-state index in [9.17, 15) is 0 Å². The van der Waals surface area contributed by atoms with E-state index in [4.69, 9.17) is 21.1 Å². The van der Waals surface area contributed by atoms with Crippen molar-refractivity contribution in [2.24, 2.45) is 0 Å². The van der Waals surface area contributed by atoms with Gasteiger partial charge in [0.15, 0.2) is 0 Å². The van der Waals surface area contributed by atoms with Crippen LogP contribution in [0.25, 0.3) is 0 Å². The first-order chi connectivity index (χ1) is 8.92. The standard InChI is InChI=1S/C15H24ClNO2/c1-15(2,3)17-8-10-19-9-7-12-11-13(16)5-6-14(12)18-4/h5-6,11,17H,7-10H2,1-4H3. The molecule has 0 atom stereocenters. The van der Waals surface area contributed by atoms with E-state index in [0.29, 0.717) is 13.2 Å². The monoisotopic (exact) mass is 285 g/mol. The number of methoxy groups -OCH3 is 1. The van der Waals surface area contributed by atoms with Gasteiger partial charge in [-0.1, -0.05) is 11.6 Å². The zero-order valence-corrected chi connectivity index (χ0v) is 13.0. The van der Waals surface area contributed by atoms with Gasteiger partial charge in [-0.15, -0.1) is 0 Å². The Morgan fingerprint density at radius 1 is 1.21 bits per heavy atom. The lowest BCUT2D eigenvalue weighted by Crippen LogP contribution is -2.38. The normalized spacial score (nSPS) is 11.6. The SMILES string of the molecule is COc1ccc(Cl)cc1CCOCCNC(C)(C)C. The Morgan fingerprint density at radius 2 is 1.95 bits per heavy atom. The lowest BCUT2D eigenvalue weighted by molar-refractivity contribution is 0.133. The van der Waals surface area contributed by atoms with Crippen LogP contribution in [0.3, 0.4) is 0 Å². The molecule has 0 spiro atoms. The molecule has 0 radical (unpaired) electrons. The van der Waals surface area contributed by atoms with Gasteiger partial charge in [-0.05, 0) is 51.0 Å². The summed E-state index contributed by atoms with van der Waals surface area (Å²) in [6.07, 6.45) is 0.805. The number of ether oxygens (including phenoxy) is 2. The first kappa shape index (κ1) is 16.3. The van der Waals surface area contributed by atoms with Crippen LogP contribution in [0.5, 0.6) is 5.75 Å². The molecule has 0 saturated heterocycles. The average molecular weight is 286 g/mol. The molecule has 1 N–H and O–H groups in total. The Kier molecular flexibility index (Phi) is 6.63. The number of benzene rings is 1. The summed E-state index contributed by atoms with van der Waals surface area (Å²) in [7, 11) is 1.67. The summed E-state index contributed by atoms with van der Waals surface area (Å²) in [5.74, 6) is 0.862. The summed E-state index contributed by atoms with van der Waals surface area (Å²) in [6.45, 7) is 8.66. The van der Waals surface area contributed by atoms with Crippen molar-refractivity contribution in [3.63, 3.8) is 0 Å². The first-order valence-corrected chi connectivity index (χ1v) is 6.95. The maximum absolute atomic E-state index is 5.98. The van der Waals surface area contributed by atoms with Crippen LogP contribution in [0, 0.1) is 0 Å². The molecular weight excluding hydrogens is 262 g/mol. The summed E-state index contributed by atoms with van der Waals surface area (Å²) in [6, 6.07) is 5.65. The summed E-state index contributed by atoms with van der Waals surface area (Å²) < 4.78 is 10.9. The van der Waals surface area contributed by atoms with Gasteiger partial charge < -0.3 is 14.8 Å². The van der Waals surface area contributed by atoms with Crippen molar-refractivity contribution >= 4 is 11.6 Å². The third-order valence-corrected chi connectivity index (χ3v) is 2.90. The van der Waals surface area contributed by atoms with Gasteiger partial charge in [0.25, 0.3) is 0 Å². The molecule has 0 amide bonds. The molecule has 0 aliphatic rings. The molecular formula is C15H24ClNO2. The van der Waals surface area contributed by atoms with Crippen molar-refractivity contribution in [2.75, 3.05) is 26.9 Å². The van der Waals surface area contributed by atoms with Crippen LogP contribution in [0.4, 0.5) is 0 Å². The Labute approximate surface area is 121 Å². The van der Waals surface area contributed by atoms with Crippen LogP contribution in [0.2, 0.25) is 5.02 Å². The van der Waals surface area contributed by atoms with Crippen LogP contribution in [-0.4, -0.2) is 32.4 Å². The van der Waals surface area contributed by atoms with Crippen molar-refractivity contribution < 1.29 is 9.47 Å². The minimum absolute atomic E-state index is 0.138. The average Bonchev–Trinajstić information content (AvgIpc) is 2.32. The fraction of sp³-hybridized carbons (Fsp3) is 0.600. The van der Waals surface area contributed by atoms with Crippen molar-refractivity contribution in [1.29, 1.82) is 0 Å². The highest BCUT2D eigenvalue weighted by Gasteiger charge is 2.07. The van der Waals surface area contributed by atoms with Gasteiger partial charge in [0, 0.05) is 17.1 Å². The van der Waals surface area contributed by atoms with Crippen LogP contribution >= 0.6 is 11.6 Å².